The van der Waals surface area contributed by atoms with Gasteiger partial charge in [0.15, 0.2) is 65.9 Å². The molecule has 1 fully saturated rings. The van der Waals surface area contributed by atoms with E-state index < -0.39 is 272 Å². The van der Waals surface area contributed by atoms with E-state index in [9.17, 15) is 122 Å². The van der Waals surface area contributed by atoms with Crippen LogP contribution in [-0.2, 0) is 38.4 Å². The summed E-state index contributed by atoms with van der Waals surface area (Å²) in [5.41, 5.74) is -12.8. The first-order chi connectivity index (χ1) is 41.5. The standard InChI is InChI=1S/C56H44N8O24/c65-49-25-1-26-10-42(58(75)76)12-28(50(26)66)3-30-14-44(60(79)80)16-32(52(30)68)5-34-18-46(62(83)84)20-36(54(34)70)7-38-22-48(64(87)88)24-40(56(38)72)8-39-23-47(63(85)86)21-37(55(39)71)6-35-19-45(61(81)82)17-33(53(35)69)4-31-15-43(59(77)78)13-29(51(31)67)2-27(49)11-41(9-25)57(73)74/h9-24,73-80H,1-8H2,(H,81,82)(H,83,84)(H,85,86)(H,87,88)/q+4. The maximum absolute atomic E-state index is 14.4. The molecular weight excluding hydrogens is 1170 g/mol. The summed E-state index contributed by atoms with van der Waals surface area (Å²) in [4.78, 5) is 111. The van der Waals surface area contributed by atoms with E-state index in [4.69, 9.17) is 0 Å². The van der Waals surface area contributed by atoms with Crippen LogP contribution >= 0.6 is 0 Å². The molecule has 0 heterocycles. The van der Waals surface area contributed by atoms with Crippen LogP contribution in [0.5, 0.6) is 0 Å². The molecule has 9 aliphatic rings. The Balaban J connectivity index is 1.16. The Morgan fingerprint density at radius 1 is 0.193 bits per heavy atom. The van der Waals surface area contributed by atoms with Gasteiger partial charge >= 0.3 is 22.8 Å². The van der Waals surface area contributed by atoms with E-state index in [0.717, 1.165) is 97.2 Å². The number of hydrogen-bond donors (Lipinski definition) is 12. The van der Waals surface area contributed by atoms with Gasteiger partial charge in [-0.25, -0.2) is 41.7 Å². The Bertz CT molecular complexity index is 3280. The van der Waals surface area contributed by atoms with Gasteiger partial charge in [0, 0.05) is 257 Å². The fraction of sp³-hybridized carbons (Fsp3) is 0.143. The monoisotopic (exact) mass is 1210 g/mol. The van der Waals surface area contributed by atoms with E-state index in [1.807, 2.05) is 0 Å². The molecule has 12 N–H and O–H groups in total. The summed E-state index contributed by atoms with van der Waals surface area (Å²) < 4.78 is 0. The lowest BCUT2D eigenvalue weighted by Gasteiger charge is -2.21. The number of carbonyl (C=O) groups is 8. The molecule has 32 heteroatoms. The third-order valence-corrected chi connectivity index (χ3v) is 14.7. The highest BCUT2D eigenvalue weighted by atomic mass is 16.8. The van der Waals surface area contributed by atoms with Crippen molar-refractivity contribution in [3.63, 3.8) is 0 Å². The highest BCUT2D eigenvalue weighted by Gasteiger charge is 2.40. The van der Waals surface area contributed by atoms with Gasteiger partial charge in [0.25, 0.3) is 22.8 Å². The number of carbonyl (C=O) groups excluding carboxylic acids is 8. The van der Waals surface area contributed by atoms with Crippen molar-refractivity contribution in [2.75, 3.05) is 0 Å². The van der Waals surface area contributed by atoms with Gasteiger partial charge in [-0.3, -0.25) is 59.2 Å². The lowest BCUT2D eigenvalue weighted by Crippen LogP contribution is -2.27. The Hall–Kier alpha value is -12.6. The topological polar surface area (TPSA) is 496 Å². The molecule has 0 unspecified atom stereocenters. The molecule has 0 atom stereocenters. The normalized spacial score (nSPS) is 22.8. The zero-order valence-electron chi connectivity index (χ0n) is 44.7. The van der Waals surface area contributed by atoms with Crippen molar-refractivity contribution in [3.05, 3.63) is 207 Å². The predicted octanol–water partition coefficient (Wildman–Crippen LogP) is 0.894. The number of Topliss-reactive ketones (excluding diaryl/α,β-unsaturated/α-hetero) is 8. The van der Waals surface area contributed by atoms with Gasteiger partial charge in [0.2, 0.25) is 0 Å². The molecule has 0 radical (unpaired) electrons. The Kier molecular flexibility index (Phi) is 15.8. The molecule has 9 aliphatic carbocycles. The van der Waals surface area contributed by atoms with Gasteiger partial charge in [-0.05, 0) is 0 Å². The fourth-order valence-corrected chi connectivity index (χ4v) is 10.5. The first kappa shape index (κ1) is 60.0. The molecule has 0 aromatic heterocycles. The lowest BCUT2D eigenvalue weighted by atomic mass is 9.79. The van der Waals surface area contributed by atoms with Crippen molar-refractivity contribution < 1.29 is 140 Å². The largest absolute Gasteiger partial charge is 0.417 e. The van der Waals surface area contributed by atoms with Crippen LogP contribution < -0.4 is 0 Å². The molecule has 0 aliphatic heterocycles. The maximum atomic E-state index is 14.4. The smallest absolute Gasteiger partial charge is 0.312 e. The molecule has 16 bridgehead atoms. The summed E-state index contributed by atoms with van der Waals surface area (Å²) in [6, 6.07) is 0. The van der Waals surface area contributed by atoms with Crippen LogP contribution in [-0.4, -0.2) is 194 Å². The summed E-state index contributed by atoms with van der Waals surface area (Å²) in [6.07, 6.45) is 6.91. The van der Waals surface area contributed by atoms with E-state index in [2.05, 4.69) is 0 Å². The van der Waals surface area contributed by atoms with Gasteiger partial charge in [0.1, 0.15) is 0 Å². The quantitative estimate of drug-likeness (QED) is 0.0693. The Morgan fingerprint density at radius 3 is 0.364 bits per heavy atom. The lowest BCUT2D eigenvalue weighted by molar-refractivity contribution is -0.954. The van der Waals surface area contributed by atoms with Gasteiger partial charge in [-0.1, -0.05) is 0 Å². The number of nitrogens with zero attached hydrogens (tertiary/aromatic N) is 8. The van der Waals surface area contributed by atoms with Crippen molar-refractivity contribution in [2.45, 2.75) is 51.4 Å². The first-order valence-corrected chi connectivity index (χ1v) is 25.4. The minimum absolute atomic E-state index is 0.447. The van der Waals surface area contributed by atoms with Crippen molar-refractivity contribution >= 4 is 92.0 Å². The highest BCUT2D eigenvalue weighted by molar-refractivity contribution is 6.31. The molecule has 88 heavy (non-hydrogen) atoms. The second kappa shape index (κ2) is 23.2. The van der Waals surface area contributed by atoms with Gasteiger partial charge < -0.3 is 20.8 Å². The maximum Gasteiger partial charge on any atom is 0.312 e. The van der Waals surface area contributed by atoms with Gasteiger partial charge in [-0.2, -0.15) is 0 Å². The fourth-order valence-electron chi connectivity index (χ4n) is 10.5. The van der Waals surface area contributed by atoms with Crippen LogP contribution in [0.1, 0.15) is 51.4 Å². The molecular formula is C56H44N8O24+4. The molecule has 448 valence electrons. The molecule has 32 nitrogen and oxygen atoms in total. The number of allylic oxidation sites excluding steroid dienone is 32. The van der Waals surface area contributed by atoms with E-state index in [0.29, 0.717) is 0 Å². The van der Waals surface area contributed by atoms with Crippen molar-refractivity contribution in [3.8, 4) is 0 Å². The molecule has 9 rings (SSSR count). The highest BCUT2D eigenvalue weighted by Crippen LogP contribution is 2.37. The van der Waals surface area contributed by atoms with Gasteiger partial charge in [-0.15, -0.1) is 0 Å². The van der Waals surface area contributed by atoms with E-state index in [1.165, 1.54) is 0 Å². The second-order valence-electron chi connectivity index (χ2n) is 20.4. The van der Waals surface area contributed by atoms with E-state index in [-0.39, 0.29) is 0 Å². The first-order valence-electron chi connectivity index (χ1n) is 25.4. The van der Waals surface area contributed by atoms with Crippen molar-refractivity contribution in [1.82, 2.24) is 0 Å². The van der Waals surface area contributed by atoms with Crippen molar-refractivity contribution in [2.24, 2.45) is 0 Å². The molecule has 0 amide bonds. The predicted molar refractivity (Wildman–Crippen MR) is 283 cm³/mol. The summed E-state index contributed by atoms with van der Waals surface area (Å²) in [7, 11) is 0. The zero-order chi connectivity index (χ0) is 64.1. The molecule has 0 aromatic carbocycles. The van der Waals surface area contributed by atoms with Crippen LogP contribution in [0.15, 0.2) is 186 Å². The molecule has 0 saturated heterocycles. The summed E-state index contributed by atoms with van der Waals surface area (Å²) in [5.74, 6) is -8.23. The van der Waals surface area contributed by atoms with Crippen LogP contribution in [0.3, 0.4) is 0 Å². The Labute approximate surface area is 489 Å². The second-order valence-corrected chi connectivity index (χ2v) is 20.4. The minimum atomic E-state index is -1.05. The van der Waals surface area contributed by atoms with Crippen LogP contribution in [0.2, 0.25) is 0 Å². The van der Waals surface area contributed by atoms with Crippen LogP contribution in [0.4, 0.5) is 0 Å². The third-order valence-electron chi connectivity index (χ3n) is 14.7. The zero-order valence-corrected chi connectivity index (χ0v) is 44.7. The molecule has 1 saturated carbocycles. The van der Waals surface area contributed by atoms with Crippen molar-refractivity contribution in [1.29, 1.82) is 0 Å². The Morgan fingerprint density at radius 2 is 0.284 bits per heavy atom. The number of rotatable bonds is 0. The summed E-state index contributed by atoms with van der Waals surface area (Å²) in [5, 5.41) is 173. The molecule has 0 spiro atoms. The number of hydrogen-bond acceptors (Lipinski definition) is 24. The number of fused-ring (bicyclic) bond motifs is 16. The van der Waals surface area contributed by atoms with Crippen LogP contribution in [0, 0.1) is 20.8 Å². The van der Waals surface area contributed by atoms with Crippen LogP contribution in [0.25, 0.3) is 0 Å². The van der Waals surface area contributed by atoms with E-state index in [1.54, 1.807) is 0 Å². The number of ketones is 8. The average molecular weight is 1210 g/mol. The minimum Gasteiger partial charge on any atom is -0.417 e. The molecule has 0 aromatic rings. The third kappa shape index (κ3) is 11.9. The summed E-state index contributed by atoms with van der Waals surface area (Å²) in [6.45, 7) is 0. The summed E-state index contributed by atoms with van der Waals surface area (Å²) >= 11 is 0. The average Bonchev–Trinajstić information content (AvgIpc) is 2.84. The SMILES string of the molecule is O=C1C2=CC(=[N+]([O-])O)C=C1CC1=CC(=[N+]([O-])O)C=C(CC3=CC(=[N+](O)O)C=C(CC4=CC(=[N+](O)O)C=C(CC5=CC(=[N+](O)O)C=C(CC6=CC(=[N+](O)O)C=C(CC7=CC(=[N+]([O-])O)C=C(CC8=CC(=[N+]([O-])O)C=C(C2)C8=O)C7=O)C6=O)C5=O)C4=O)C3=O)C1=O. The van der Waals surface area contributed by atoms with Gasteiger partial charge in [0.05, 0.1) is 0 Å². The van der Waals surface area contributed by atoms with E-state index >= 15 is 0 Å².